The van der Waals surface area contributed by atoms with E-state index in [1.54, 1.807) is 0 Å². The van der Waals surface area contributed by atoms with Crippen LogP contribution in [-0.2, 0) is 11.3 Å². The van der Waals surface area contributed by atoms with Crippen molar-refractivity contribution < 1.29 is 14.2 Å². The number of likely N-dealkylation sites (N-methyl/N-ethyl adjacent to an activating group) is 1. The van der Waals surface area contributed by atoms with E-state index in [1.165, 1.54) is 5.56 Å². The molecule has 3 heterocycles. The van der Waals surface area contributed by atoms with Crippen molar-refractivity contribution in [3.05, 3.63) is 23.8 Å². The van der Waals surface area contributed by atoms with E-state index in [-0.39, 0.29) is 0 Å². The van der Waals surface area contributed by atoms with Gasteiger partial charge in [-0.1, -0.05) is 6.07 Å². The van der Waals surface area contributed by atoms with E-state index in [0.717, 1.165) is 50.3 Å². The minimum atomic E-state index is 0.342. The van der Waals surface area contributed by atoms with Gasteiger partial charge in [0.1, 0.15) is 0 Å². The van der Waals surface area contributed by atoms with Gasteiger partial charge in [0, 0.05) is 31.6 Å². The minimum absolute atomic E-state index is 0.342. The predicted molar refractivity (Wildman–Crippen MR) is 83.1 cm³/mol. The van der Waals surface area contributed by atoms with Gasteiger partial charge in [-0.25, -0.2) is 0 Å². The Kier molecular flexibility index (Phi) is 3.72. The van der Waals surface area contributed by atoms with Crippen molar-refractivity contribution in [3.8, 4) is 11.5 Å². The summed E-state index contributed by atoms with van der Waals surface area (Å²) in [6.45, 7) is 5.38. The third-order valence-electron chi connectivity index (χ3n) is 5.19. The van der Waals surface area contributed by atoms with Gasteiger partial charge in [-0.05, 0) is 37.7 Å². The Balaban J connectivity index is 1.44. The molecule has 5 nitrogen and oxygen atoms in total. The Hall–Kier alpha value is -1.30. The fourth-order valence-electron chi connectivity index (χ4n) is 4.02. The largest absolute Gasteiger partial charge is 0.454 e. The van der Waals surface area contributed by atoms with Crippen LogP contribution < -0.4 is 9.47 Å². The summed E-state index contributed by atoms with van der Waals surface area (Å²) < 4.78 is 16.7. The Labute approximate surface area is 131 Å². The van der Waals surface area contributed by atoms with Crippen molar-refractivity contribution in [3.63, 3.8) is 0 Å². The van der Waals surface area contributed by atoms with Crippen molar-refractivity contribution in [2.24, 2.45) is 11.8 Å². The van der Waals surface area contributed by atoms with E-state index in [1.807, 2.05) is 6.07 Å². The van der Waals surface area contributed by atoms with Crippen molar-refractivity contribution in [1.82, 2.24) is 9.80 Å². The quantitative estimate of drug-likeness (QED) is 0.844. The van der Waals surface area contributed by atoms with Gasteiger partial charge in [0.05, 0.1) is 13.2 Å². The number of nitrogens with zero attached hydrogens (tertiary/aromatic N) is 2. The first kappa shape index (κ1) is 14.3. The van der Waals surface area contributed by atoms with Gasteiger partial charge in [-0.3, -0.25) is 4.90 Å². The van der Waals surface area contributed by atoms with E-state index in [9.17, 15) is 0 Å². The van der Waals surface area contributed by atoms with Crippen LogP contribution in [0.3, 0.4) is 0 Å². The third-order valence-corrected chi connectivity index (χ3v) is 5.19. The zero-order chi connectivity index (χ0) is 15.1. The normalized spacial score (nSPS) is 30.8. The summed E-state index contributed by atoms with van der Waals surface area (Å²) in [4.78, 5) is 4.87. The summed E-state index contributed by atoms with van der Waals surface area (Å²) >= 11 is 0. The molecule has 2 fully saturated rings. The zero-order valence-electron chi connectivity index (χ0n) is 13.3. The molecule has 1 aromatic carbocycles. The summed E-state index contributed by atoms with van der Waals surface area (Å²) in [5, 5.41) is 0. The fraction of sp³-hybridized carbons (Fsp3) is 0.647. The number of hydrogen-bond acceptors (Lipinski definition) is 5. The van der Waals surface area contributed by atoms with Gasteiger partial charge in [-0.2, -0.15) is 0 Å². The van der Waals surface area contributed by atoms with Crippen LogP contribution in [0.4, 0.5) is 0 Å². The first-order valence-electron chi connectivity index (χ1n) is 8.06. The van der Waals surface area contributed by atoms with Gasteiger partial charge < -0.3 is 19.1 Å². The molecule has 120 valence electrons. The summed E-state index contributed by atoms with van der Waals surface area (Å²) in [7, 11) is 4.33. The number of likely N-dealkylation sites (tertiary alicyclic amines) is 1. The molecule has 0 aliphatic carbocycles. The van der Waals surface area contributed by atoms with Crippen molar-refractivity contribution in [2.75, 3.05) is 47.2 Å². The smallest absolute Gasteiger partial charge is 0.231 e. The van der Waals surface area contributed by atoms with Gasteiger partial charge >= 0.3 is 0 Å². The van der Waals surface area contributed by atoms with Gasteiger partial charge in [0.25, 0.3) is 0 Å². The Bertz CT molecular complexity index is 549. The van der Waals surface area contributed by atoms with Crippen LogP contribution >= 0.6 is 0 Å². The molecular formula is C17H24N2O3. The molecule has 5 heteroatoms. The number of rotatable bonds is 3. The zero-order valence-corrected chi connectivity index (χ0v) is 13.3. The second-order valence-electron chi connectivity index (χ2n) is 6.87. The van der Waals surface area contributed by atoms with Crippen LogP contribution in [0.5, 0.6) is 11.5 Å². The van der Waals surface area contributed by atoms with Crippen molar-refractivity contribution >= 4 is 0 Å². The standard InChI is InChI=1S/C17H24N2O3/c1-18(2)15-10-20-9-13-7-19(8-14(13)15)6-12-3-4-16-17(5-12)22-11-21-16/h3-5,13-15H,6-11H2,1-2H3/t13-,14-,15+/m0/s1. The third kappa shape index (κ3) is 2.57. The Morgan fingerprint density at radius 2 is 2.00 bits per heavy atom. The van der Waals surface area contributed by atoms with Gasteiger partial charge in [0.15, 0.2) is 11.5 Å². The molecule has 0 saturated carbocycles. The maximum atomic E-state index is 5.81. The highest BCUT2D eigenvalue weighted by Crippen LogP contribution is 2.35. The van der Waals surface area contributed by atoms with Gasteiger partial charge in [-0.15, -0.1) is 0 Å². The van der Waals surface area contributed by atoms with Crippen LogP contribution in [0, 0.1) is 11.8 Å². The summed E-state index contributed by atoms with van der Waals surface area (Å²) in [6, 6.07) is 6.83. The second-order valence-corrected chi connectivity index (χ2v) is 6.87. The lowest BCUT2D eigenvalue weighted by Gasteiger charge is -2.37. The highest BCUT2D eigenvalue weighted by atomic mass is 16.7. The lowest BCUT2D eigenvalue weighted by Crippen LogP contribution is -2.47. The molecule has 2 saturated heterocycles. The summed E-state index contributed by atoms with van der Waals surface area (Å²) in [6.07, 6.45) is 0. The molecule has 3 aliphatic heterocycles. The summed E-state index contributed by atoms with van der Waals surface area (Å²) in [5.41, 5.74) is 1.30. The van der Waals surface area contributed by atoms with Crippen LogP contribution in [0.15, 0.2) is 18.2 Å². The number of hydrogen-bond donors (Lipinski definition) is 0. The fourth-order valence-corrected chi connectivity index (χ4v) is 4.02. The minimum Gasteiger partial charge on any atom is -0.454 e. The van der Waals surface area contributed by atoms with E-state index in [2.05, 4.69) is 36.0 Å². The van der Waals surface area contributed by atoms with E-state index < -0.39 is 0 Å². The molecule has 3 aliphatic rings. The monoisotopic (exact) mass is 304 g/mol. The topological polar surface area (TPSA) is 34.2 Å². The van der Waals surface area contributed by atoms with E-state index in [4.69, 9.17) is 14.2 Å². The van der Waals surface area contributed by atoms with Crippen molar-refractivity contribution in [1.29, 1.82) is 0 Å². The maximum Gasteiger partial charge on any atom is 0.231 e. The molecule has 0 spiro atoms. The summed E-state index contributed by atoms with van der Waals surface area (Å²) in [5.74, 6) is 3.12. The molecule has 0 unspecified atom stereocenters. The molecule has 0 bridgehead atoms. The molecule has 3 atom stereocenters. The molecule has 4 rings (SSSR count). The van der Waals surface area contributed by atoms with Crippen molar-refractivity contribution in [2.45, 2.75) is 12.6 Å². The average Bonchev–Trinajstić information content (AvgIpc) is 3.11. The van der Waals surface area contributed by atoms with Gasteiger partial charge in [0.2, 0.25) is 6.79 Å². The van der Waals surface area contributed by atoms with Crippen LogP contribution in [0.1, 0.15) is 5.56 Å². The molecule has 0 radical (unpaired) electrons. The lowest BCUT2D eigenvalue weighted by molar-refractivity contribution is -0.0229. The first-order chi connectivity index (χ1) is 10.7. The number of fused-ring (bicyclic) bond motifs is 2. The Morgan fingerprint density at radius 1 is 1.14 bits per heavy atom. The lowest BCUT2D eigenvalue weighted by atomic mass is 9.87. The average molecular weight is 304 g/mol. The molecule has 0 amide bonds. The van der Waals surface area contributed by atoms with Crippen LogP contribution in [-0.4, -0.2) is 63.0 Å². The number of ether oxygens (including phenoxy) is 3. The second kappa shape index (κ2) is 5.72. The molecule has 0 aromatic heterocycles. The maximum absolute atomic E-state index is 5.81. The highest BCUT2D eigenvalue weighted by molar-refractivity contribution is 5.44. The van der Waals surface area contributed by atoms with Crippen LogP contribution in [0.2, 0.25) is 0 Å². The Morgan fingerprint density at radius 3 is 2.86 bits per heavy atom. The predicted octanol–water partition coefficient (Wildman–Crippen LogP) is 1.42. The van der Waals surface area contributed by atoms with E-state index in [0.29, 0.717) is 18.8 Å². The van der Waals surface area contributed by atoms with Crippen LogP contribution in [0.25, 0.3) is 0 Å². The SMILES string of the molecule is CN(C)[C@@H]1COC[C@@H]2CN(Cc3ccc4c(c3)OCO4)C[C@@H]21. The number of benzene rings is 1. The molecule has 22 heavy (non-hydrogen) atoms. The highest BCUT2D eigenvalue weighted by Gasteiger charge is 2.41. The molecule has 1 aromatic rings. The molecular weight excluding hydrogens is 280 g/mol. The first-order valence-corrected chi connectivity index (χ1v) is 8.06. The molecule has 0 N–H and O–H groups in total. The van der Waals surface area contributed by atoms with E-state index >= 15 is 0 Å².